The van der Waals surface area contributed by atoms with Crippen LogP contribution in [0, 0.1) is 5.82 Å². The molecule has 1 amide bonds. The van der Waals surface area contributed by atoms with Gasteiger partial charge in [0.15, 0.2) is 0 Å². The van der Waals surface area contributed by atoms with Gasteiger partial charge in [-0.2, -0.15) is 0 Å². The van der Waals surface area contributed by atoms with Crippen LogP contribution in [-0.2, 0) is 6.54 Å². The van der Waals surface area contributed by atoms with Crippen LogP contribution in [0.3, 0.4) is 0 Å². The van der Waals surface area contributed by atoms with E-state index in [1.54, 1.807) is 18.2 Å². The van der Waals surface area contributed by atoms with Gasteiger partial charge in [0, 0.05) is 18.2 Å². The number of rotatable bonds is 3. The van der Waals surface area contributed by atoms with Gasteiger partial charge < -0.3 is 9.73 Å². The standard InChI is InChI=1S/C13H10FNO3/c14-11-4-2-1-3-9(11)7-15-13(17)10-5-6-12(16)18-8-10/h1-6,8H,7H2,(H,15,17). The molecule has 0 aliphatic rings. The van der Waals surface area contributed by atoms with Crippen molar-refractivity contribution in [2.24, 2.45) is 0 Å². The number of benzene rings is 1. The molecule has 1 heterocycles. The molecule has 1 N–H and O–H groups in total. The number of carbonyl (C=O) groups excluding carboxylic acids is 1. The molecule has 0 unspecified atom stereocenters. The van der Waals surface area contributed by atoms with Crippen molar-refractivity contribution in [2.45, 2.75) is 6.54 Å². The maximum atomic E-state index is 13.3. The van der Waals surface area contributed by atoms with E-state index in [-0.39, 0.29) is 17.9 Å². The molecule has 0 radical (unpaired) electrons. The van der Waals surface area contributed by atoms with Crippen LogP contribution in [0.5, 0.6) is 0 Å². The second-order valence-corrected chi connectivity index (χ2v) is 3.62. The van der Waals surface area contributed by atoms with E-state index in [2.05, 4.69) is 9.73 Å². The molecule has 18 heavy (non-hydrogen) atoms. The molecule has 4 nitrogen and oxygen atoms in total. The summed E-state index contributed by atoms with van der Waals surface area (Å²) in [4.78, 5) is 22.4. The highest BCUT2D eigenvalue weighted by molar-refractivity contribution is 5.93. The maximum Gasteiger partial charge on any atom is 0.335 e. The van der Waals surface area contributed by atoms with E-state index in [9.17, 15) is 14.0 Å². The van der Waals surface area contributed by atoms with Crippen LogP contribution in [0.25, 0.3) is 0 Å². The highest BCUT2D eigenvalue weighted by atomic mass is 19.1. The molecule has 2 aromatic rings. The first-order valence-electron chi connectivity index (χ1n) is 5.27. The summed E-state index contributed by atoms with van der Waals surface area (Å²) in [6.45, 7) is 0.0740. The monoisotopic (exact) mass is 247 g/mol. The van der Waals surface area contributed by atoms with E-state index in [1.165, 1.54) is 12.1 Å². The van der Waals surface area contributed by atoms with E-state index in [4.69, 9.17) is 0 Å². The molecular formula is C13H10FNO3. The number of carbonyl (C=O) groups is 1. The lowest BCUT2D eigenvalue weighted by molar-refractivity contribution is 0.0948. The number of hydrogen-bond acceptors (Lipinski definition) is 3. The first-order valence-corrected chi connectivity index (χ1v) is 5.27. The summed E-state index contributed by atoms with van der Waals surface area (Å²) >= 11 is 0. The Labute approximate surface area is 102 Å². The molecular weight excluding hydrogens is 237 g/mol. The van der Waals surface area contributed by atoms with E-state index < -0.39 is 11.5 Å². The summed E-state index contributed by atoms with van der Waals surface area (Å²) in [5, 5.41) is 2.53. The number of hydrogen-bond donors (Lipinski definition) is 1. The summed E-state index contributed by atoms with van der Waals surface area (Å²) in [6.07, 6.45) is 1.07. The fourth-order valence-electron chi connectivity index (χ4n) is 1.41. The molecule has 5 heteroatoms. The van der Waals surface area contributed by atoms with Crippen LogP contribution in [0.2, 0.25) is 0 Å². The smallest absolute Gasteiger partial charge is 0.335 e. The predicted molar refractivity (Wildman–Crippen MR) is 62.5 cm³/mol. The minimum atomic E-state index is -0.527. The van der Waals surface area contributed by atoms with Gasteiger partial charge in [0.2, 0.25) is 0 Å². The van der Waals surface area contributed by atoms with Gasteiger partial charge in [-0.1, -0.05) is 18.2 Å². The minimum absolute atomic E-state index is 0.0740. The molecule has 0 bridgehead atoms. The Morgan fingerprint density at radius 1 is 1.22 bits per heavy atom. The highest BCUT2D eigenvalue weighted by Crippen LogP contribution is 2.06. The third kappa shape index (κ3) is 2.82. The quantitative estimate of drug-likeness (QED) is 0.898. The number of nitrogens with one attached hydrogen (secondary N) is 1. The molecule has 2 rings (SSSR count). The van der Waals surface area contributed by atoms with Crippen molar-refractivity contribution >= 4 is 5.91 Å². The molecule has 0 saturated carbocycles. The maximum absolute atomic E-state index is 13.3. The van der Waals surface area contributed by atoms with Crippen molar-refractivity contribution in [1.82, 2.24) is 5.32 Å². The Morgan fingerprint density at radius 3 is 2.67 bits per heavy atom. The van der Waals surface area contributed by atoms with Crippen molar-refractivity contribution in [1.29, 1.82) is 0 Å². The number of halogens is 1. The molecule has 1 aromatic heterocycles. The van der Waals surface area contributed by atoms with Gasteiger partial charge >= 0.3 is 5.63 Å². The molecule has 0 aliphatic heterocycles. The van der Waals surface area contributed by atoms with Crippen LogP contribution >= 0.6 is 0 Å². The average Bonchev–Trinajstić information content (AvgIpc) is 2.38. The summed E-state index contributed by atoms with van der Waals surface area (Å²) in [5.41, 5.74) is 0.0785. The SMILES string of the molecule is O=C(NCc1ccccc1F)c1ccc(=O)oc1. The minimum Gasteiger partial charge on any atom is -0.430 e. The van der Waals surface area contributed by atoms with Crippen LogP contribution in [0.4, 0.5) is 4.39 Å². The first kappa shape index (κ1) is 12.0. The molecule has 0 aliphatic carbocycles. The predicted octanol–water partition coefficient (Wildman–Crippen LogP) is 1.71. The Morgan fingerprint density at radius 2 is 2.00 bits per heavy atom. The first-order chi connectivity index (χ1) is 8.66. The normalized spacial score (nSPS) is 10.1. The van der Waals surface area contributed by atoms with Gasteiger partial charge in [0.1, 0.15) is 12.1 Å². The van der Waals surface area contributed by atoms with Crippen molar-refractivity contribution in [3.8, 4) is 0 Å². The lowest BCUT2D eigenvalue weighted by Crippen LogP contribution is -2.23. The topological polar surface area (TPSA) is 59.3 Å². The van der Waals surface area contributed by atoms with Gasteiger partial charge in [-0.25, -0.2) is 9.18 Å². The average molecular weight is 247 g/mol. The number of amides is 1. The van der Waals surface area contributed by atoms with Crippen molar-refractivity contribution < 1.29 is 13.6 Å². The molecule has 0 fully saturated rings. The second kappa shape index (κ2) is 5.27. The van der Waals surface area contributed by atoms with Gasteiger partial charge in [-0.3, -0.25) is 4.79 Å². The molecule has 1 aromatic carbocycles. The summed E-state index contributed by atoms with van der Waals surface area (Å²) in [6, 6.07) is 8.67. The second-order valence-electron chi connectivity index (χ2n) is 3.62. The summed E-state index contributed by atoms with van der Waals surface area (Å²) in [7, 11) is 0. The van der Waals surface area contributed by atoms with Crippen molar-refractivity contribution in [3.05, 3.63) is 70.0 Å². The van der Waals surface area contributed by atoms with Crippen molar-refractivity contribution in [2.75, 3.05) is 0 Å². The Bertz CT molecular complexity index is 601. The molecule has 92 valence electrons. The van der Waals surface area contributed by atoms with E-state index >= 15 is 0 Å². The zero-order chi connectivity index (χ0) is 13.0. The fraction of sp³-hybridized carbons (Fsp3) is 0.0769. The van der Waals surface area contributed by atoms with E-state index in [0.29, 0.717) is 5.56 Å². The zero-order valence-electron chi connectivity index (χ0n) is 9.35. The lowest BCUT2D eigenvalue weighted by atomic mass is 10.2. The van der Waals surface area contributed by atoms with Crippen molar-refractivity contribution in [3.63, 3.8) is 0 Å². The highest BCUT2D eigenvalue weighted by Gasteiger charge is 2.07. The third-order valence-corrected chi connectivity index (χ3v) is 2.36. The van der Waals surface area contributed by atoms with Gasteiger partial charge in [0.05, 0.1) is 5.56 Å². The fourth-order valence-corrected chi connectivity index (χ4v) is 1.41. The largest absolute Gasteiger partial charge is 0.430 e. The molecule has 0 atom stereocenters. The molecule has 0 spiro atoms. The van der Waals surface area contributed by atoms with Crippen LogP contribution in [0.1, 0.15) is 15.9 Å². The Balaban J connectivity index is 2.03. The van der Waals surface area contributed by atoms with Gasteiger partial charge in [-0.15, -0.1) is 0 Å². The Hall–Kier alpha value is -2.43. The summed E-state index contributed by atoms with van der Waals surface area (Å²) in [5.74, 6) is -0.806. The van der Waals surface area contributed by atoms with E-state index in [0.717, 1.165) is 12.3 Å². The van der Waals surface area contributed by atoms with Gasteiger partial charge in [0.25, 0.3) is 5.91 Å². The zero-order valence-corrected chi connectivity index (χ0v) is 9.35. The van der Waals surface area contributed by atoms with E-state index in [1.807, 2.05) is 0 Å². The summed E-state index contributed by atoms with van der Waals surface area (Å²) < 4.78 is 17.8. The van der Waals surface area contributed by atoms with Gasteiger partial charge in [-0.05, 0) is 12.1 Å². The molecule has 0 saturated heterocycles. The van der Waals surface area contributed by atoms with Crippen LogP contribution in [0.15, 0.2) is 51.9 Å². The Kier molecular flexibility index (Phi) is 3.52. The third-order valence-electron chi connectivity index (χ3n) is 2.36. The van der Waals surface area contributed by atoms with Crippen LogP contribution < -0.4 is 10.9 Å². The lowest BCUT2D eigenvalue weighted by Gasteiger charge is -2.05. The van der Waals surface area contributed by atoms with Crippen LogP contribution in [-0.4, -0.2) is 5.91 Å².